The number of nitrogens with one attached hydrogen (secondary N) is 2. The lowest BCUT2D eigenvalue weighted by Crippen LogP contribution is -2.25. The van der Waals surface area contributed by atoms with Gasteiger partial charge in [0.05, 0.1) is 7.11 Å². The van der Waals surface area contributed by atoms with Gasteiger partial charge in [0.1, 0.15) is 5.75 Å². The summed E-state index contributed by atoms with van der Waals surface area (Å²) in [6.07, 6.45) is 0. The highest BCUT2D eigenvalue weighted by molar-refractivity contribution is 5.99. The zero-order valence-corrected chi connectivity index (χ0v) is 16.6. The van der Waals surface area contributed by atoms with Crippen molar-refractivity contribution < 1.29 is 14.3 Å². The molecule has 148 valence electrons. The van der Waals surface area contributed by atoms with Crippen molar-refractivity contribution in [1.82, 2.24) is 10.6 Å². The third-order valence-electron chi connectivity index (χ3n) is 4.53. The second kappa shape index (κ2) is 9.55. The van der Waals surface area contributed by atoms with Gasteiger partial charge < -0.3 is 15.4 Å². The lowest BCUT2D eigenvalue weighted by Gasteiger charge is -2.09. The summed E-state index contributed by atoms with van der Waals surface area (Å²) in [6.45, 7) is 2.85. The van der Waals surface area contributed by atoms with Crippen LogP contribution in [0, 0.1) is 6.92 Å². The molecule has 3 aromatic rings. The Morgan fingerprint density at radius 3 is 1.93 bits per heavy atom. The fourth-order valence-electron chi connectivity index (χ4n) is 2.94. The molecule has 0 saturated heterocycles. The molecule has 2 N–H and O–H groups in total. The summed E-state index contributed by atoms with van der Waals surface area (Å²) >= 11 is 0. The maximum Gasteiger partial charge on any atom is 0.251 e. The Balaban J connectivity index is 1.58. The van der Waals surface area contributed by atoms with Crippen LogP contribution in [0.15, 0.2) is 72.8 Å². The standard InChI is InChI=1S/C24H24N2O3/c1-17-5-3-6-19(13-17)16-26-24(28)21-8-4-7-20(14-21)23(27)25-15-18-9-11-22(29-2)12-10-18/h3-14H,15-16H2,1-2H3,(H,25,27)(H,26,28). The van der Waals surface area contributed by atoms with E-state index in [-0.39, 0.29) is 11.8 Å². The van der Waals surface area contributed by atoms with Crippen molar-refractivity contribution in [3.63, 3.8) is 0 Å². The molecular weight excluding hydrogens is 364 g/mol. The lowest BCUT2D eigenvalue weighted by atomic mass is 10.1. The smallest absolute Gasteiger partial charge is 0.251 e. The summed E-state index contributed by atoms with van der Waals surface area (Å²) in [5.74, 6) is 0.329. The summed E-state index contributed by atoms with van der Waals surface area (Å²) in [4.78, 5) is 24.9. The first-order valence-corrected chi connectivity index (χ1v) is 9.40. The Morgan fingerprint density at radius 2 is 1.34 bits per heavy atom. The summed E-state index contributed by atoms with van der Waals surface area (Å²) in [7, 11) is 1.61. The number of hydrogen-bond donors (Lipinski definition) is 2. The molecule has 0 spiro atoms. The predicted molar refractivity (Wildman–Crippen MR) is 113 cm³/mol. The predicted octanol–water partition coefficient (Wildman–Crippen LogP) is 3.86. The topological polar surface area (TPSA) is 67.4 Å². The molecule has 0 radical (unpaired) electrons. The van der Waals surface area contributed by atoms with Gasteiger partial charge in [-0.25, -0.2) is 0 Å². The maximum absolute atomic E-state index is 12.5. The fraction of sp³-hybridized carbons (Fsp3) is 0.167. The van der Waals surface area contributed by atoms with Crippen molar-refractivity contribution in [2.24, 2.45) is 0 Å². The van der Waals surface area contributed by atoms with E-state index in [4.69, 9.17) is 4.74 Å². The molecule has 0 fully saturated rings. The van der Waals surface area contributed by atoms with E-state index in [1.807, 2.05) is 55.5 Å². The molecule has 29 heavy (non-hydrogen) atoms. The normalized spacial score (nSPS) is 10.3. The van der Waals surface area contributed by atoms with Gasteiger partial charge in [0.25, 0.3) is 11.8 Å². The van der Waals surface area contributed by atoms with Crippen LogP contribution in [-0.2, 0) is 13.1 Å². The molecule has 5 nitrogen and oxygen atoms in total. The van der Waals surface area contributed by atoms with Crippen molar-refractivity contribution >= 4 is 11.8 Å². The molecule has 3 aromatic carbocycles. The number of methoxy groups -OCH3 is 1. The van der Waals surface area contributed by atoms with Crippen molar-refractivity contribution in [2.75, 3.05) is 7.11 Å². The van der Waals surface area contributed by atoms with E-state index in [1.54, 1.807) is 31.4 Å². The second-order valence-corrected chi connectivity index (χ2v) is 6.78. The van der Waals surface area contributed by atoms with E-state index >= 15 is 0 Å². The molecule has 5 heteroatoms. The Kier molecular flexibility index (Phi) is 6.63. The van der Waals surface area contributed by atoms with Crippen LogP contribution in [0.1, 0.15) is 37.4 Å². The molecule has 0 atom stereocenters. The number of carbonyl (C=O) groups excluding carboxylic acids is 2. The largest absolute Gasteiger partial charge is 0.497 e. The monoisotopic (exact) mass is 388 g/mol. The van der Waals surface area contributed by atoms with Gasteiger partial charge >= 0.3 is 0 Å². The molecule has 2 amide bonds. The van der Waals surface area contributed by atoms with E-state index in [1.165, 1.54) is 0 Å². The number of ether oxygens (including phenoxy) is 1. The average Bonchev–Trinajstić information content (AvgIpc) is 2.76. The van der Waals surface area contributed by atoms with Crippen LogP contribution < -0.4 is 15.4 Å². The van der Waals surface area contributed by atoms with Gasteiger partial charge in [0.2, 0.25) is 0 Å². The van der Waals surface area contributed by atoms with Crippen LogP contribution >= 0.6 is 0 Å². The first kappa shape index (κ1) is 20.1. The summed E-state index contributed by atoms with van der Waals surface area (Å²) < 4.78 is 5.13. The minimum Gasteiger partial charge on any atom is -0.497 e. The van der Waals surface area contributed by atoms with Crippen molar-refractivity contribution in [1.29, 1.82) is 0 Å². The van der Waals surface area contributed by atoms with Crippen LogP contribution in [0.5, 0.6) is 5.75 Å². The van der Waals surface area contributed by atoms with Crippen LogP contribution in [0.3, 0.4) is 0 Å². The number of hydrogen-bond acceptors (Lipinski definition) is 3. The zero-order chi connectivity index (χ0) is 20.6. The third kappa shape index (κ3) is 5.69. The average molecular weight is 388 g/mol. The lowest BCUT2D eigenvalue weighted by molar-refractivity contribution is 0.0950. The molecule has 0 saturated carbocycles. The Labute approximate surface area is 170 Å². The van der Waals surface area contributed by atoms with Gasteiger partial charge in [-0.15, -0.1) is 0 Å². The Bertz CT molecular complexity index is 997. The molecule has 0 heterocycles. The van der Waals surface area contributed by atoms with Crippen LogP contribution in [0.25, 0.3) is 0 Å². The van der Waals surface area contributed by atoms with Gasteiger partial charge in [-0.05, 0) is 48.4 Å². The molecular formula is C24H24N2O3. The summed E-state index contributed by atoms with van der Waals surface area (Å²) in [5.41, 5.74) is 4.04. The van der Waals surface area contributed by atoms with E-state index in [9.17, 15) is 9.59 Å². The van der Waals surface area contributed by atoms with E-state index in [0.29, 0.717) is 24.2 Å². The Morgan fingerprint density at radius 1 is 0.759 bits per heavy atom. The summed E-state index contributed by atoms with van der Waals surface area (Å²) in [6, 6.07) is 22.2. The highest BCUT2D eigenvalue weighted by Gasteiger charge is 2.10. The van der Waals surface area contributed by atoms with Gasteiger partial charge in [-0.2, -0.15) is 0 Å². The number of benzene rings is 3. The maximum atomic E-state index is 12.5. The highest BCUT2D eigenvalue weighted by Crippen LogP contribution is 2.12. The van der Waals surface area contributed by atoms with Gasteiger partial charge in [0.15, 0.2) is 0 Å². The highest BCUT2D eigenvalue weighted by atomic mass is 16.5. The number of amides is 2. The van der Waals surface area contributed by atoms with Crippen molar-refractivity contribution in [2.45, 2.75) is 20.0 Å². The van der Waals surface area contributed by atoms with E-state index in [2.05, 4.69) is 10.6 Å². The van der Waals surface area contributed by atoms with Gasteiger partial charge in [-0.1, -0.05) is 48.0 Å². The van der Waals surface area contributed by atoms with Gasteiger partial charge in [-0.3, -0.25) is 9.59 Å². The van der Waals surface area contributed by atoms with Crippen LogP contribution in [0.2, 0.25) is 0 Å². The van der Waals surface area contributed by atoms with Crippen molar-refractivity contribution in [3.8, 4) is 5.75 Å². The van der Waals surface area contributed by atoms with E-state index < -0.39 is 0 Å². The second-order valence-electron chi connectivity index (χ2n) is 6.78. The van der Waals surface area contributed by atoms with Crippen LogP contribution in [-0.4, -0.2) is 18.9 Å². The Hall–Kier alpha value is -3.60. The first-order chi connectivity index (χ1) is 14.0. The number of carbonyl (C=O) groups is 2. The van der Waals surface area contributed by atoms with Crippen molar-refractivity contribution in [3.05, 3.63) is 101 Å². The molecule has 3 rings (SSSR count). The first-order valence-electron chi connectivity index (χ1n) is 9.40. The third-order valence-corrected chi connectivity index (χ3v) is 4.53. The fourth-order valence-corrected chi connectivity index (χ4v) is 2.94. The molecule has 0 bridgehead atoms. The quantitative estimate of drug-likeness (QED) is 0.646. The van der Waals surface area contributed by atoms with Crippen LogP contribution in [0.4, 0.5) is 0 Å². The van der Waals surface area contributed by atoms with Gasteiger partial charge in [0, 0.05) is 24.2 Å². The number of aryl methyl sites for hydroxylation is 1. The molecule has 0 aromatic heterocycles. The summed E-state index contributed by atoms with van der Waals surface area (Å²) in [5, 5.41) is 5.77. The number of rotatable bonds is 7. The minimum atomic E-state index is -0.228. The molecule has 0 aliphatic rings. The molecule has 0 aliphatic heterocycles. The van der Waals surface area contributed by atoms with E-state index in [0.717, 1.165) is 22.4 Å². The minimum absolute atomic E-state index is 0.212. The zero-order valence-electron chi connectivity index (χ0n) is 16.6. The molecule has 0 unspecified atom stereocenters. The molecule has 0 aliphatic carbocycles. The SMILES string of the molecule is COc1ccc(CNC(=O)c2cccc(C(=O)NCc3cccc(C)c3)c2)cc1.